The number of ether oxygens (including phenoxy) is 2. The van der Waals surface area contributed by atoms with Crippen LogP contribution in [0.3, 0.4) is 0 Å². The molecule has 3 rings (SSSR count). The highest BCUT2D eigenvalue weighted by Gasteiger charge is 2.21. The fourth-order valence-corrected chi connectivity index (χ4v) is 2.87. The van der Waals surface area contributed by atoms with E-state index < -0.39 is 27.1 Å². The number of benzene rings is 3. The third-order valence-electron chi connectivity index (χ3n) is 4.75. The lowest BCUT2D eigenvalue weighted by Gasteiger charge is -2.09. The molecule has 34 heavy (non-hydrogen) atoms. The van der Waals surface area contributed by atoms with E-state index in [-0.39, 0.29) is 18.1 Å². The summed E-state index contributed by atoms with van der Waals surface area (Å²) in [5.41, 5.74) is 3.94. The minimum Gasteiger partial charge on any atom is -0.483 e. The van der Waals surface area contributed by atoms with Crippen molar-refractivity contribution < 1.29 is 24.1 Å². The summed E-state index contributed by atoms with van der Waals surface area (Å²) in [4.78, 5) is 32.7. The van der Waals surface area contributed by atoms with Gasteiger partial charge in [0.25, 0.3) is 11.6 Å². The van der Waals surface area contributed by atoms with E-state index in [1.807, 2.05) is 26.0 Å². The summed E-state index contributed by atoms with van der Waals surface area (Å²) in [6.07, 6.45) is 1.37. The predicted octanol–water partition coefficient (Wildman–Crippen LogP) is 4.44. The molecular formula is C23H20N4O7. The minimum absolute atomic E-state index is 0.151. The van der Waals surface area contributed by atoms with Gasteiger partial charge in [0.05, 0.1) is 22.1 Å². The van der Waals surface area contributed by atoms with Crippen molar-refractivity contribution in [2.75, 3.05) is 6.61 Å². The van der Waals surface area contributed by atoms with E-state index in [0.29, 0.717) is 11.3 Å². The number of carbonyl (C=O) groups is 1. The van der Waals surface area contributed by atoms with E-state index in [1.54, 1.807) is 24.3 Å². The maximum atomic E-state index is 12.0. The standard InChI is InChI=1S/C23H20N4O7/c1-15-5-3-8-21(16(15)2)33-14-23(28)25-24-13-17-6-4-7-19(11-17)34-22-10-9-18(26(29)30)12-20(22)27(31)32/h3-13H,14H2,1-2H3,(H,25,28). The van der Waals surface area contributed by atoms with Crippen LogP contribution >= 0.6 is 0 Å². The number of hydrogen-bond donors (Lipinski definition) is 1. The Balaban J connectivity index is 1.62. The van der Waals surface area contributed by atoms with E-state index in [2.05, 4.69) is 10.5 Å². The monoisotopic (exact) mass is 464 g/mol. The van der Waals surface area contributed by atoms with Crippen molar-refractivity contribution in [3.8, 4) is 17.2 Å². The maximum Gasteiger partial charge on any atom is 0.318 e. The van der Waals surface area contributed by atoms with Gasteiger partial charge in [-0.1, -0.05) is 24.3 Å². The fraction of sp³-hybridized carbons (Fsp3) is 0.130. The molecule has 0 spiro atoms. The normalized spacial score (nSPS) is 10.6. The highest BCUT2D eigenvalue weighted by molar-refractivity contribution is 5.83. The molecule has 0 radical (unpaired) electrons. The van der Waals surface area contributed by atoms with Gasteiger partial charge in [-0.25, -0.2) is 5.43 Å². The SMILES string of the molecule is Cc1cccc(OCC(=O)NN=Cc2cccc(Oc3ccc([N+](=O)[O-])cc3[N+](=O)[O-])c2)c1C. The molecule has 0 saturated heterocycles. The molecule has 0 saturated carbocycles. The fourth-order valence-electron chi connectivity index (χ4n) is 2.87. The van der Waals surface area contributed by atoms with Crippen LogP contribution in [0.15, 0.2) is 65.8 Å². The second kappa shape index (κ2) is 10.7. The van der Waals surface area contributed by atoms with Crippen LogP contribution in [0.4, 0.5) is 11.4 Å². The smallest absolute Gasteiger partial charge is 0.318 e. The number of hydrazone groups is 1. The first kappa shape index (κ1) is 23.9. The van der Waals surface area contributed by atoms with Crippen LogP contribution in [0.1, 0.15) is 16.7 Å². The number of nitro groups is 2. The second-order valence-corrected chi connectivity index (χ2v) is 7.12. The molecule has 0 aliphatic carbocycles. The number of carbonyl (C=O) groups excluding carboxylic acids is 1. The number of nitrogens with one attached hydrogen (secondary N) is 1. The molecule has 0 aliphatic rings. The Hall–Kier alpha value is -4.80. The predicted molar refractivity (Wildman–Crippen MR) is 123 cm³/mol. The van der Waals surface area contributed by atoms with Crippen molar-refractivity contribution in [3.05, 3.63) is 97.6 Å². The van der Waals surface area contributed by atoms with Gasteiger partial charge < -0.3 is 9.47 Å². The van der Waals surface area contributed by atoms with E-state index in [9.17, 15) is 25.0 Å². The van der Waals surface area contributed by atoms with E-state index in [4.69, 9.17) is 9.47 Å². The zero-order valence-corrected chi connectivity index (χ0v) is 18.3. The van der Waals surface area contributed by atoms with Crippen LogP contribution in [0.25, 0.3) is 0 Å². The maximum absolute atomic E-state index is 12.0. The van der Waals surface area contributed by atoms with Gasteiger partial charge in [0.1, 0.15) is 11.5 Å². The molecule has 0 fully saturated rings. The summed E-state index contributed by atoms with van der Waals surface area (Å²) < 4.78 is 11.1. The Morgan fingerprint density at radius 1 is 1.00 bits per heavy atom. The molecule has 11 nitrogen and oxygen atoms in total. The summed E-state index contributed by atoms with van der Waals surface area (Å²) in [6, 6.07) is 15.1. The van der Waals surface area contributed by atoms with Gasteiger partial charge in [0.2, 0.25) is 5.75 Å². The lowest BCUT2D eigenvalue weighted by molar-refractivity contribution is -0.394. The van der Waals surface area contributed by atoms with Gasteiger partial charge in [-0.3, -0.25) is 25.0 Å². The Labute approximate surface area is 193 Å². The molecular weight excluding hydrogens is 444 g/mol. The molecule has 0 aromatic heterocycles. The highest BCUT2D eigenvalue weighted by atomic mass is 16.6. The van der Waals surface area contributed by atoms with Crippen molar-refractivity contribution in [1.82, 2.24) is 5.43 Å². The molecule has 0 heterocycles. The molecule has 0 bridgehead atoms. The quantitative estimate of drug-likeness (QED) is 0.280. The largest absolute Gasteiger partial charge is 0.483 e. The number of non-ortho nitro benzene ring substituents is 1. The lowest BCUT2D eigenvalue weighted by atomic mass is 10.1. The summed E-state index contributed by atoms with van der Waals surface area (Å²) in [5.74, 6) is 0.252. The molecule has 11 heteroatoms. The van der Waals surface area contributed by atoms with Crippen LogP contribution in [0, 0.1) is 34.1 Å². The molecule has 0 aliphatic heterocycles. The van der Waals surface area contributed by atoms with E-state index in [0.717, 1.165) is 29.3 Å². The lowest BCUT2D eigenvalue weighted by Crippen LogP contribution is -2.24. The summed E-state index contributed by atoms with van der Waals surface area (Å²) >= 11 is 0. The molecule has 3 aromatic carbocycles. The first-order valence-corrected chi connectivity index (χ1v) is 9.96. The van der Waals surface area contributed by atoms with Crippen molar-refractivity contribution in [2.24, 2.45) is 5.10 Å². The first-order valence-electron chi connectivity index (χ1n) is 9.96. The number of nitrogens with zero attached hydrogens (tertiary/aromatic N) is 3. The third kappa shape index (κ3) is 6.13. The number of nitro benzene ring substituents is 2. The zero-order valence-electron chi connectivity index (χ0n) is 18.3. The van der Waals surface area contributed by atoms with Gasteiger partial charge >= 0.3 is 5.69 Å². The third-order valence-corrected chi connectivity index (χ3v) is 4.75. The molecule has 174 valence electrons. The van der Waals surface area contributed by atoms with Crippen LogP contribution in [-0.2, 0) is 4.79 Å². The van der Waals surface area contributed by atoms with Crippen LogP contribution < -0.4 is 14.9 Å². The first-order chi connectivity index (χ1) is 16.2. The molecule has 3 aromatic rings. The van der Waals surface area contributed by atoms with Crippen molar-refractivity contribution in [3.63, 3.8) is 0 Å². The van der Waals surface area contributed by atoms with Crippen LogP contribution in [0.2, 0.25) is 0 Å². The zero-order chi connectivity index (χ0) is 24.7. The molecule has 1 N–H and O–H groups in total. The van der Waals surface area contributed by atoms with Crippen molar-refractivity contribution >= 4 is 23.5 Å². The number of hydrogen-bond acceptors (Lipinski definition) is 8. The summed E-state index contributed by atoms with van der Waals surface area (Å²) in [7, 11) is 0. The highest BCUT2D eigenvalue weighted by Crippen LogP contribution is 2.34. The molecule has 0 unspecified atom stereocenters. The Morgan fingerprint density at radius 3 is 2.50 bits per heavy atom. The van der Waals surface area contributed by atoms with Crippen molar-refractivity contribution in [2.45, 2.75) is 13.8 Å². The number of aryl methyl sites for hydroxylation is 1. The average Bonchev–Trinajstić information content (AvgIpc) is 2.80. The Kier molecular flexibility index (Phi) is 7.49. The van der Waals surface area contributed by atoms with Gasteiger partial charge in [-0.05, 0) is 54.8 Å². The average molecular weight is 464 g/mol. The van der Waals surface area contributed by atoms with Crippen LogP contribution in [0.5, 0.6) is 17.2 Å². The van der Waals surface area contributed by atoms with E-state index in [1.165, 1.54) is 12.3 Å². The Bertz CT molecular complexity index is 1270. The van der Waals surface area contributed by atoms with Gasteiger partial charge in [0.15, 0.2) is 6.61 Å². The molecule has 0 atom stereocenters. The minimum atomic E-state index is -0.760. The Morgan fingerprint density at radius 2 is 1.76 bits per heavy atom. The van der Waals surface area contributed by atoms with Crippen molar-refractivity contribution in [1.29, 1.82) is 0 Å². The van der Waals surface area contributed by atoms with Gasteiger partial charge in [0, 0.05) is 6.07 Å². The molecule has 1 amide bonds. The van der Waals surface area contributed by atoms with E-state index >= 15 is 0 Å². The number of amides is 1. The summed E-state index contributed by atoms with van der Waals surface area (Å²) in [5, 5.41) is 26.0. The topological polar surface area (TPSA) is 146 Å². The van der Waals surface area contributed by atoms with Gasteiger partial charge in [-0.15, -0.1) is 0 Å². The van der Waals surface area contributed by atoms with Crippen LogP contribution in [-0.4, -0.2) is 28.6 Å². The second-order valence-electron chi connectivity index (χ2n) is 7.12. The van der Waals surface area contributed by atoms with Gasteiger partial charge in [-0.2, -0.15) is 5.10 Å². The summed E-state index contributed by atoms with van der Waals surface area (Å²) in [6.45, 7) is 3.64. The number of rotatable bonds is 9.